The van der Waals surface area contributed by atoms with Crippen LogP contribution in [0, 0.1) is 6.92 Å². The maximum Gasteiger partial charge on any atom is 0.124 e. The van der Waals surface area contributed by atoms with Gasteiger partial charge in [-0.3, -0.25) is 9.98 Å². The van der Waals surface area contributed by atoms with E-state index < -0.39 is 0 Å². The molecule has 0 aliphatic carbocycles. The first-order valence-electron chi connectivity index (χ1n) is 8.40. The number of aryl methyl sites for hydroxylation is 1. The van der Waals surface area contributed by atoms with Gasteiger partial charge in [0.25, 0.3) is 0 Å². The van der Waals surface area contributed by atoms with Crippen molar-refractivity contribution in [2.45, 2.75) is 13.3 Å². The van der Waals surface area contributed by atoms with Crippen LogP contribution in [0.5, 0.6) is 5.75 Å². The predicted molar refractivity (Wildman–Crippen MR) is 110 cm³/mol. The topological polar surface area (TPSA) is 45.0 Å². The fourth-order valence-electron chi connectivity index (χ4n) is 3.06. The molecular weight excluding hydrogens is 388 g/mol. The van der Waals surface area contributed by atoms with Crippen molar-refractivity contribution in [1.29, 1.82) is 0 Å². The van der Waals surface area contributed by atoms with Gasteiger partial charge in [0.1, 0.15) is 5.75 Å². The van der Waals surface area contributed by atoms with Gasteiger partial charge in [0.05, 0.1) is 22.8 Å². The summed E-state index contributed by atoms with van der Waals surface area (Å²) in [4.78, 5) is 9.70. The van der Waals surface area contributed by atoms with Crippen molar-refractivity contribution < 1.29 is 5.11 Å². The maximum absolute atomic E-state index is 10.5. The van der Waals surface area contributed by atoms with Crippen LogP contribution in [0.3, 0.4) is 0 Å². The molecule has 0 unspecified atom stereocenters. The summed E-state index contributed by atoms with van der Waals surface area (Å²) in [7, 11) is 0. The SMILES string of the molecule is Cc1ccc(C2=Nc3ccccc3N=C(c3cccc(Br)c3)C2)c(O)c1. The fraction of sp³-hybridized carbons (Fsp3) is 0.0909. The van der Waals surface area contributed by atoms with Gasteiger partial charge in [-0.15, -0.1) is 0 Å². The summed E-state index contributed by atoms with van der Waals surface area (Å²) >= 11 is 3.53. The van der Waals surface area contributed by atoms with Crippen molar-refractivity contribution in [2.24, 2.45) is 9.98 Å². The fourth-order valence-corrected chi connectivity index (χ4v) is 3.46. The second-order valence-electron chi connectivity index (χ2n) is 6.31. The largest absolute Gasteiger partial charge is 0.507 e. The van der Waals surface area contributed by atoms with Crippen LogP contribution in [0.4, 0.5) is 11.4 Å². The van der Waals surface area contributed by atoms with E-state index in [1.807, 2.05) is 61.5 Å². The van der Waals surface area contributed by atoms with Crippen LogP contribution in [0.15, 0.2) is 81.2 Å². The van der Waals surface area contributed by atoms with Crippen LogP contribution in [0.1, 0.15) is 23.1 Å². The Labute approximate surface area is 160 Å². The lowest BCUT2D eigenvalue weighted by Crippen LogP contribution is -2.10. The van der Waals surface area contributed by atoms with Gasteiger partial charge in [-0.2, -0.15) is 0 Å². The number of rotatable bonds is 2. The van der Waals surface area contributed by atoms with Gasteiger partial charge in [-0.1, -0.05) is 46.3 Å². The van der Waals surface area contributed by atoms with E-state index in [9.17, 15) is 5.11 Å². The molecule has 0 saturated carbocycles. The van der Waals surface area contributed by atoms with Gasteiger partial charge in [-0.25, -0.2) is 0 Å². The molecule has 3 aromatic carbocycles. The van der Waals surface area contributed by atoms with Gasteiger partial charge < -0.3 is 5.11 Å². The molecule has 0 bridgehead atoms. The molecule has 0 atom stereocenters. The average Bonchev–Trinajstić information content (AvgIpc) is 2.81. The summed E-state index contributed by atoms with van der Waals surface area (Å²) < 4.78 is 1.01. The number of hydrogen-bond acceptors (Lipinski definition) is 3. The first-order valence-corrected chi connectivity index (χ1v) is 9.19. The first kappa shape index (κ1) is 16.7. The number of fused-ring (bicyclic) bond motifs is 1. The van der Waals surface area contributed by atoms with Crippen molar-refractivity contribution in [2.75, 3.05) is 0 Å². The normalized spacial score (nSPS) is 13.5. The van der Waals surface area contributed by atoms with Crippen molar-refractivity contribution in [3.8, 4) is 5.75 Å². The summed E-state index contributed by atoms with van der Waals surface area (Å²) in [5.74, 6) is 0.247. The molecule has 0 aromatic heterocycles. The zero-order valence-corrected chi connectivity index (χ0v) is 15.9. The molecule has 0 amide bonds. The highest BCUT2D eigenvalue weighted by atomic mass is 79.9. The zero-order valence-electron chi connectivity index (χ0n) is 14.3. The highest BCUT2D eigenvalue weighted by molar-refractivity contribution is 9.10. The molecule has 3 aromatic rings. The number of para-hydroxylation sites is 2. The smallest absolute Gasteiger partial charge is 0.124 e. The molecule has 0 spiro atoms. The van der Waals surface area contributed by atoms with Crippen LogP contribution in [-0.4, -0.2) is 16.5 Å². The number of aliphatic imine (C=N–C) groups is 2. The molecule has 1 aliphatic heterocycles. The van der Waals surface area contributed by atoms with Crippen molar-refractivity contribution in [1.82, 2.24) is 0 Å². The van der Waals surface area contributed by atoms with Crippen molar-refractivity contribution >= 4 is 38.7 Å². The number of benzene rings is 3. The van der Waals surface area contributed by atoms with Crippen LogP contribution < -0.4 is 0 Å². The molecule has 1 aliphatic rings. The minimum atomic E-state index is 0.247. The summed E-state index contributed by atoms with van der Waals surface area (Å²) in [5, 5.41) is 10.5. The Kier molecular flexibility index (Phi) is 4.43. The zero-order chi connectivity index (χ0) is 18.1. The third-order valence-electron chi connectivity index (χ3n) is 4.35. The molecule has 26 heavy (non-hydrogen) atoms. The highest BCUT2D eigenvalue weighted by Gasteiger charge is 2.18. The molecule has 1 heterocycles. The van der Waals surface area contributed by atoms with Crippen molar-refractivity contribution in [3.05, 3.63) is 87.9 Å². The minimum Gasteiger partial charge on any atom is -0.507 e. The van der Waals surface area contributed by atoms with E-state index in [-0.39, 0.29) is 5.75 Å². The molecule has 128 valence electrons. The summed E-state index contributed by atoms with van der Waals surface area (Å²) in [6, 6.07) is 21.6. The molecule has 0 saturated heterocycles. The lowest BCUT2D eigenvalue weighted by molar-refractivity contribution is 0.473. The minimum absolute atomic E-state index is 0.247. The van der Waals surface area contributed by atoms with Gasteiger partial charge in [0.2, 0.25) is 0 Å². The number of phenols is 1. The van der Waals surface area contributed by atoms with Gasteiger partial charge in [0.15, 0.2) is 0 Å². The van der Waals surface area contributed by atoms with Gasteiger partial charge in [0, 0.05) is 16.5 Å². The van der Waals surface area contributed by atoms with Gasteiger partial charge >= 0.3 is 0 Å². The number of phenolic OH excluding ortho intramolecular Hbond substituents is 1. The number of hydrogen-bond donors (Lipinski definition) is 1. The van der Waals surface area contributed by atoms with Crippen molar-refractivity contribution in [3.63, 3.8) is 0 Å². The second kappa shape index (κ2) is 6.89. The quantitative estimate of drug-likeness (QED) is 0.550. The highest BCUT2D eigenvalue weighted by Crippen LogP contribution is 2.34. The van der Waals surface area contributed by atoms with E-state index >= 15 is 0 Å². The maximum atomic E-state index is 10.5. The molecule has 1 N–H and O–H groups in total. The van der Waals surface area contributed by atoms with E-state index in [1.54, 1.807) is 6.07 Å². The lowest BCUT2D eigenvalue weighted by atomic mass is 9.98. The number of nitrogens with zero attached hydrogens (tertiary/aromatic N) is 2. The molecule has 0 fully saturated rings. The number of aromatic hydroxyl groups is 1. The van der Waals surface area contributed by atoms with E-state index in [2.05, 4.69) is 22.0 Å². The Morgan fingerprint density at radius 3 is 2.27 bits per heavy atom. The summed E-state index contributed by atoms with van der Waals surface area (Å²) in [5.41, 5.74) is 6.19. The Morgan fingerprint density at radius 2 is 1.58 bits per heavy atom. The second-order valence-corrected chi connectivity index (χ2v) is 7.23. The third kappa shape index (κ3) is 3.33. The Hall–Kier alpha value is -2.72. The molecule has 4 heteroatoms. The molecule has 0 radical (unpaired) electrons. The van der Waals surface area contributed by atoms with Crippen LogP contribution in [0.25, 0.3) is 0 Å². The van der Waals surface area contributed by atoms with Crippen LogP contribution in [-0.2, 0) is 0 Å². The Morgan fingerprint density at radius 1 is 0.846 bits per heavy atom. The number of halogens is 1. The van der Waals surface area contributed by atoms with E-state index in [1.165, 1.54) is 0 Å². The Balaban J connectivity index is 1.89. The molecule has 4 rings (SSSR count). The van der Waals surface area contributed by atoms with Crippen LogP contribution >= 0.6 is 15.9 Å². The third-order valence-corrected chi connectivity index (χ3v) is 4.84. The Bertz CT molecular complexity index is 1050. The van der Waals surface area contributed by atoms with E-state index in [4.69, 9.17) is 9.98 Å². The van der Waals surface area contributed by atoms with Crippen LogP contribution in [0.2, 0.25) is 0 Å². The summed E-state index contributed by atoms with van der Waals surface area (Å²) in [6.45, 7) is 1.96. The molecular formula is C22H17BrN2O. The predicted octanol–water partition coefficient (Wildman–Crippen LogP) is 6.11. The van der Waals surface area contributed by atoms with E-state index in [0.29, 0.717) is 6.42 Å². The summed E-state index contributed by atoms with van der Waals surface area (Å²) in [6.07, 6.45) is 0.543. The first-order chi connectivity index (χ1) is 12.6. The van der Waals surface area contributed by atoms with Gasteiger partial charge in [-0.05, 0) is 54.4 Å². The monoisotopic (exact) mass is 404 g/mol. The average molecular weight is 405 g/mol. The lowest BCUT2D eigenvalue weighted by Gasteiger charge is -2.10. The molecule has 3 nitrogen and oxygen atoms in total. The standard InChI is InChI=1S/C22H17BrN2O/c1-14-9-10-17(22(26)11-14)21-13-20(15-5-4-6-16(23)12-15)24-18-7-2-3-8-19(18)25-21/h2-12,26H,13H2,1H3. The van der Waals surface area contributed by atoms with E-state index in [0.717, 1.165) is 44.0 Å².